The third kappa shape index (κ3) is 5.00. The van der Waals surface area contributed by atoms with Crippen LogP contribution in [0.25, 0.3) is 16.7 Å². The standard InChI is InChI=1S/C22H28N6O3/c1-22(2,3)15-10-14(13-27(5)20(30)12-19(29)24-23-4)21(31)18(11-15)28-25-16-8-6-7-9-17(16)26-28/h6-11,23,31H,12-13H2,1-5H3,(H,24,29). The van der Waals surface area contributed by atoms with Gasteiger partial charge in [0.2, 0.25) is 11.8 Å². The summed E-state index contributed by atoms with van der Waals surface area (Å²) in [7, 11) is 3.15. The van der Waals surface area contributed by atoms with Gasteiger partial charge in [-0.1, -0.05) is 32.9 Å². The lowest BCUT2D eigenvalue weighted by molar-refractivity contribution is -0.135. The zero-order chi connectivity index (χ0) is 22.8. The Balaban J connectivity index is 1.99. The summed E-state index contributed by atoms with van der Waals surface area (Å²) in [4.78, 5) is 26.9. The second kappa shape index (κ2) is 8.73. The minimum Gasteiger partial charge on any atom is -0.505 e. The third-order valence-electron chi connectivity index (χ3n) is 4.95. The van der Waals surface area contributed by atoms with Crippen molar-refractivity contribution < 1.29 is 14.7 Å². The molecule has 0 atom stereocenters. The lowest BCUT2D eigenvalue weighted by Crippen LogP contribution is -2.38. The number of nitrogens with zero attached hydrogens (tertiary/aromatic N) is 4. The number of hydrogen-bond donors (Lipinski definition) is 3. The molecule has 0 radical (unpaired) electrons. The summed E-state index contributed by atoms with van der Waals surface area (Å²) in [5, 5.41) is 20.0. The fourth-order valence-electron chi connectivity index (χ4n) is 3.15. The molecule has 1 heterocycles. The number of aromatic hydroxyl groups is 1. The van der Waals surface area contributed by atoms with Gasteiger partial charge in [0, 0.05) is 26.2 Å². The molecule has 0 aliphatic carbocycles. The predicted octanol–water partition coefficient (Wildman–Crippen LogP) is 2.02. The van der Waals surface area contributed by atoms with E-state index >= 15 is 0 Å². The van der Waals surface area contributed by atoms with Crippen molar-refractivity contribution in [2.75, 3.05) is 14.1 Å². The van der Waals surface area contributed by atoms with Gasteiger partial charge in [-0.15, -0.1) is 15.0 Å². The predicted molar refractivity (Wildman–Crippen MR) is 118 cm³/mol. The zero-order valence-electron chi connectivity index (χ0n) is 18.4. The largest absolute Gasteiger partial charge is 0.505 e. The van der Waals surface area contributed by atoms with Gasteiger partial charge >= 0.3 is 0 Å². The van der Waals surface area contributed by atoms with Crippen molar-refractivity contribution >= 4 is 22.8 Å². The summed E-state index contributed by atoms with van der Waals surface area (Å²) in [5.74, 6) is -0.800. The van der Waals surface area contributed by atoms with Crippen molar-refractivity contribution in [3.05, 3.63) is 47.5 Å². The van der Waals surface area contributed by atoms with Crippen molar-refractivity contribution in [3.8, 4) is 11.4 Å². The van der Waals surface area contributed by atoms with Crippen LogP contribution in [0.15, 0.2) is 36.4 Å². The van der Waals surface area contributed by atoms with E-state index in [1.807, 2.05) is 36.4 Å². The molecule has 3 aromatic rings. The van der Waals surface area contributed by atoms with Crippen LogP contribution in [0.5, 0.6) is 5.75 Å². The SMILES string of the molecule is CNNC(=O)CC(=O)N(C)Cc1cc(C(C)(C)C)cc(-n2nc3ccccc3n2)c1O. The van der Waals surface area contributed by atoms with Gasteiger partial charge < -0.3 is 10.0 Å². The monoisotopic (exact) mass is 424 g/mol. The molecule has 0 saturated carbocycles. The van der Waals surface area contributed by atoms with Crippen molar-refractivity contribution in [1.82, 2.24) is 30.7 Å². The normalized spacial score (nSPS) is 11.5. The smallest absolute Gasteiger partial charge is 0.243 e. The van der Waals surface area contributed by atoms with Crippen LogP contribution in [0, 0.1) is 0 Å². The quantitative estimate of drug-likeness (QED) is 0.412. The van der Waals surface area contributed by atoms with Crippen LogP contribution in [0.2, 0.25) is 0 Å². The van der Waals surface area contributed by atoms with Crippen LogP contribution < -0.4 is 10.9 Å². The van der Waals surface area contributed by atoms with E-state index in [4.69, 9.17) is 0 Å². The molecule has 2 aromatic carbocycles. The Morgan fingerprint density at radius 3 is 2.29 bits per heavy atom. The van der Waals surface area contributed by atoms with Crippen LogP contribution in [-0.2, 0) is 21.5 Å². The summed E-state index contributed by atoms with van der Waals surface area (Å²) in [5.41, 5.74) is 8.05. The Labute approximate surface area is 181 Å². The Morgan fingerprint density at radius 2 is 1.74 bits per heavy atom. The number of carbonyl (C=O) groups excluding carboxylic acids is 2. The summed E-state index contributed by atoms with van der Waals surface area (Å²) >= 11 is 0. The van der Waals surface area contributed by atoms with E-state index < -0.39 is 5.91 Å². The van der Waals surface area contributed by atoms with Gasteiger partial charge in [-0.25, -0.2) is 5.43 Å². The molecule has 0 aliphatic heterocycles. The molecule has 3 N–H and O–H groups in total. The molecule has 31 heavy (non-hydrogen) atoms. The fourth-order valence-corrected chi connectivity index (χ4v) is 3.15. The van der Waals surface area contributed by atoms with Crippen LogP contribution in [0.1, 0.15) is 38.3 Å². The second-order valence-electron chi connectivity index (χ2n) is 8.46. The average Bonchev–Trinajstić information content (AvgIpc) is 3.12. The summed E-state index contributed by atoms with van der Waals surface area (Å²) < 4.78 is 0. The number of fused-ring (bicyclic) bond motifs is 1. The van der Waals surface area contributed by atoms with E-state index in [1.165, 1.54) is 9.70 Å². The molecule has 9 heteroatoms. The van der Waals surface area contributed by atoms with Gasteiger partial charge in [0.25, 0.3) is 0 Å². The summed E-state index contributed by atoms with van der Waals surface area (Å²) in [6, 6.07) is 11.2. The molecule has 9 nitrogen and oxygen atoms in total. The number of phenolic OH excluding ortho intramolecular Hbond substituents is 1. The maximum Gasteiger partial charge on any atom is 0.243 e. The molecule has 0 bridgehead atoms. The molecule has 3 rings (SSSR count). The number of hydrogen-bond acceptors (Lipinski definition) is 6. The first-order chi connectivity index (χ1) is 14.6. The first kappa shape index (κ1) is 22.2. The van der Waals surface area contributed by atoms with Crippen molar-refractivity contribution in [1.29, 1.82) is 0 Å². The van der Waals surface area contributed by atoms with Crippen LogP contribution in [-0.4, -0.2) is 50.9 Å². The maximum absolute atomic E-state index is 12.4. The Hall–Kier alpha value is -3.46. The van der Waals surface area contributed by atoms with E-state index in [1.54, 1.807) is 14.1 Å². The van der Waals surface area contributed by atoms with Crippen molar-refractivity contribution in [2.45, 2.75) is 39.2 Å². The number of nitrogens with one attached hydrogen (secondary N) is 2. The number of hydrazine groups is 1. The van der Waals surface area contributed by atoms with Gasteiger partial charge in [0.05, 0.1) is 0 Å². The number of rotatable bonds is 6. The van der Waals surface area contributed by atoms with Gasteiger partial charge in [0.1, 0.15) is 28.9 Å². The lowest BCUT2D eigenvalue weighted by Gasteiger charge is -2.24. The highest BCUT2D eigenvalue weighted by molar-refractivity contribution is 5.96. The van der Waals surface area contributed by atoms with E-state index in [-0.39, 0.29) is 30.0 Å². The molecule has 0 spiro atoms. The number of carbonyl (C=O) groups is 2. The Morgan fingerprint density at radius 1 is 1.13 bits per heavy atom. The minimum absolute atomic E-state index is 0.00682. The molecule has 0 fully saturated rings. The fraction of sp³-hybridized carbons (Fsp3) is 0.364. The average molecular weight is 425 g/mol. The first-order valence-corrected chi connectivity index (χ1v) is 9.98. The first-order valence-electron chi connectivity index (χ1n) is 9.98. The van der Waals surface area contributed by atoms with Crippen molar-refractivity contribution in [3.63, 3.8) is 0 Å². The van der Waals surface area contributed by atoms with Crippen molar-refractivity contribution in [2.24, 2.45) is 0 Å². The van der Waals surface area contributed by atoms with Gasteiger partial charge in [-0.2, -0.15) is 0 Å². The van der Waals surface area contributed by atoms with E-state index in [9.17, 15) is 14.7 Å². The molecule has 1 aromatic heterocycles. The minimum atomic E-state index is -0.430. The van der Waals surface area contributed by atoms with Crippen LogP contribution in [0.3, 0.4) is 0 Å². The summed E-state index contributed by atoms with van der Waals surface area (Å²) in [6.45, 7) is 6.33. The zero-order valence-corrected chi connectivity index (χ0v) is 18.4. The van der Waals surface area contributed by atoms with E-state index in [0.29, 0.717) is 22.3 Å². The number of amides is 2. The Kier molecular flexibility index (Phi) is 6.26. The Bertz CT molecular complexity index is 1080. The molecule has 0 saturated heterocycles. The molecule has 0 unspecified atom stereocenters. The third-order valence-corrected chi connectivity index (χ3v) is 4.95. The highest BCUT2D eigenvalue weighted by atomic mass is 16.3. The van der Waals surface area contributed by atoms with E-state index in [2.05, 4.69) is 41.8 Å². The van der Waals surface area contributed by atoms with Gasteiger partial charge in [-0.05, 0) is 35.2 Å². The molecule has 2 amide bonds. The van der Waals surface area contributed by atoms with Gasteiger partial charge in [-0.3, -0.25) is 15.0 Å². The van der Waals surface area contributed by atoms with Gasteiger partial charge in [0.15, 0.2) is 0 Å². The van der Waals surface area contributed by atoms with E-state index in [0.717, 1.165) is 5.56 Å². The second-order valence-corrected chi connectivity index (χ2v) is 8.46. The topological polar surface area (TPSA) is 112 Å². The molecular formula is C22H28N6O3. The maximum atomic E-state index is 12.4. The highest BCUT2D eigenvalue weighted by Crippen LogP contribution is 2.34. The lowest BCUT2D eigenvalue weighted by atomic mass is 9.85. The number of phenols is 1. The number of benzene rings is 2. The highest BCUT2D eigenvalue weighted by Gasteiger charge is 2.23. The molecule has 0 aliphatic rings. The summed E-state index contributed by atoms with van der Waals surface area (Å²) in [6.07, 6.45) is -0.296. The van der Waals surface area contributed by atoms with Crippen LogP contribution in [0.4, 0.5) is 0 Å². The van der Waals surface area contributed by atoms with Crippen LogP contribution >= 0.6 is 0 Å². The molecular weight excluding hydrogens is 396 g/mol. The molecule has 164 valence electrons. The number of aromatic nitrogens is 3.